The second-order valence-electron chi connectivity index (χ2n) is 3.87. The summed E-state index contributed by atoms with van der Waals surface area (Å²) in [5, 5.41) is 9.39. The molecule has 0 bridgehead atoms. The molecule has 3 N–H and O–H groups in total. The molecule has 1 unspecified atom stereocenters. The molecule has 1 heterocycles. The van der Waals surface area contributed by atoms with Gasteiger partial charge in [0.25, 0.3) is 0 Å². The van der Waals surface area contributed by atoms with Gasteiger partial charge in [0, 0.05) is 0 Å². The van der Waals surface area contributed by atoms with Gasteiger partial charge in [-0.25, -0.2) is 0 Å². The fraction of sp³-hybridized carbons (Fsp3) is 0.364. The van der Waals surface area contributed by atoms with Crippen LogP contribution in [0.4, 0.5) is 11.4 Å². The van der Waals surface area contributed by atoms with Crippen molar-refractivity contribution in [3.63, 3.8) is 0 Å². The van der Waals surface area contributed by atoms with E-state index in [9.17, 15) is 9.90 Å². The number of para-hydroxylation sites is 1. The number of β-amino-alcohol motifs (C(OH)–C–C–N with tert-alkyl or cyclic N) is 1. The number of aliphatic hydroxyl groups excluding tert-OH is 1. The van der Waals surface area contributed by atoms with Crippen molar-refractivity contribution in [2.75, 3.05) is 17.2 Å². The van der Waals surface area contributed by atoms with Crippen LogP contribution in [0.2, 0.25) is 0 Å². The highest BCUT2D eigenvalue weighted by Crippen LogP contribution is 2.29. The monoisotopic (exact) mass is 206 g/mol. The first-order valence-corrected chi connectivity index (χ1v) is 4.93. The Morgan fingerprint density at radius 3 is 2.87 bits per heavy atom. The number of aryl methyl sites for hydroxylation is 1. The predicted octanol–water partition coefficient (Wildman–Crippen LogP) is 0.675. The van der Waals surface area contributed by atoms with Gasteiger partial charge in [0.1, 0.15) is 0 Å². The lowest BCUT2D eigenvalue weighted by molar-refractivity contribution is -0.117. The average Bonchev–Trinajstić information content (AvgIpc) is 2.50. The number of rotatable bonds is 1. The molecule has 1 atom stereocenters. The zero-order chi connectivity index (χ0) is 11.0. The fourth-order valence-electron chi connectivity index (χ4n) is 1.82. The molecule has 4 nitrogen and oxygen atoms in total. The summed E-state index contributed by atoms with van der Waals surface area (Å²) in [6, 6.07) is 5.56. The van der Waals surface area contributed by atoms with Crippen molar-refractivity contribution in [2.24, 2.45) is 0 Å². The molecule has 0 aromatic heterocycles. The topological polar surface area (TPSA) is 66.6 Å². The van der Waals surface area contributed by atoms with Crippen LogP contribution in [0.5, 0.6) is 0 Å². The minimum Gasteiger partial charge on any atom is -0.397 e. The van der Waals surface area contributed by atoms with Gasteiger partial charge in [0.2, 0.25) is 5.91 Å². The van der Waals surface area contributed by atoms with E-state index in [0.717, 1.165) is 5.56 Å². The van der Waals surface area contributed by atoms with Crippen LogP contribution in [0.25, 0.3) is 0 Å². The first-order valence-electron chi connectivity index (χ1n) is 4.93. The summed E-state index contributed by atoms with van der Waals surface area (Å²) in [5.41, 5.74) is 8.16. The molecule has 0 aliphatic carbocycles. The van der Waals surface area contributed by atoms with E-state index in [2.05, 4.69) is 0 Å². The van der Waals surface area contributed by atoms with Gasteiger partial charge in [0.05, 0.1) is 30.4 Å². The van der Waals surface area contributed by atoms with Crippen molar-refractivity contribution >= 4 is 17.3 Å². The minimum absolute atomic E-state index is 0.0696. The first kappa shape index (κ1) is 9.98. The van der Waals surface area contributed by atoms with Crippen LogP contribution in [-0.2, 0) is 4.79 Å². The molecule has 1 fully saturated rings. The van der Waals surface area contributed by atoms with Crippen LogP contribution in [0.1, 0.15) is 12.0 Å². The SMILES string of the molecule is Cc1cccc(N2CC(O)CC2=O)c1N. The third kappa shape index (κ3) is 1.68. The molecule has 1 aromatic rings. The molecule has 0 radical (unpaired) electrons. The first-order chi connectivity index (χ1) is 7.09. The Morgan fingerprint density at radius 2 is 2.27 bits per heavy atom. The molecular weight excluding hydrogens is 192 g/mol. The highest BCUT2D eigenvalue weighted by molar-refractivity contribution is 5.99. The Balaban J connectivity index is 2.38. The van der Waals surface area contributed by atoms with Crippen molar-refractivity contribution in [3.05, 3.63) is 23.8 Å². The van der Waals surface area contributed by atoms with Crippen molar-refractivity contribution in [1.82, 2.24) is 0 Å². The summed E-state index contributed by atoms with van der Waals surface area (Å²) in [5.74, 6) is -0.0696. The third-order valence-electron chi connectivity index (χ3n) is 2.70. The summed E-state index contributed by atoms with van der Waals surface area (Å²) >= 11 is 0. The van der Waals surface area contributed by atoms with Crippen molar-refractivity contribution < 1.29 is 9.90 Å². The Labute approximate surface area is 88.3 Å². The summed E-state index contributed by atoms with van der Waals surface area (Å²) in [4.78, 5) is 13.1. The Hall–Kier alpha value is -1.55. The van der Waals surface area contributed by atoms with Crippen LogP contribution in [0.15, 0.2) is 18.2 Å². The second kappa shape index (κ2) is 3.55. The lowest BCUT2D eigenvalue weighted by Crippen LogP contribution is -2.26. The second-order valence-corrected chi connectivity index (χ2v) is 3.87. The smallest absolute Gasteiger partial charge is 0.229 e. The van der Waals surface area contributed by atoms with E-state index in [1.165, 1.54) is 0 Å². The van der Waals surface area contributed by atoms with Gasteiger partial charge in [-0.3, -0.25) is 4.79 Å². The van der Waals surface area contributed by atoms with Crippen LogP contribution < -0.4 is 10.6 Å². The number of nitrogens with two attached hydrogens (primary N) is 1. The van der Waals surface area contributed by atoms with Crippen LogP contribution in [0.3, 0.4) is 0 Å². The quantitative estimate of drug-likeness (QED) is 0.664. The zero-order valence-electron chi connectivity index (χ0n) is 8.60. The fourth-order valence-corrected chi connectivity index (χ4v) is 1.82. The highest BCUT2D eigenvalue weighted by atomic mass is 16.3. The number of benzene rings is 1. The van der Waals surface area contributed by atoms with Crippen LogP contribution >= 0.6 is 0 Å². The molecular formula is C11H14N2O2. The number of amides is 1. The Kier molecular flexibility index (Phi) is 2.36. The number of nitrogens with zero attached hydrogens (tertiary/aromatic N) is 1. The van der Waals surface area contributed by atoms with Crippen molar-refractivity contribution in [1.29, 1.82) is 0 Å². The standard InChI is InChI=1S/C11H14N2O2/c1-7-3-2-4-9(11(7)12)13-6-8(14)5-10(13)15/h2-4,8,14H,5-6,12H2,1H3. The largest absolute Gasteiger partial charge is 0.397 e. The number of nitrogen functional groups attached to an aromatic ring is 1. The highest BCUT2D eigenvalue weighted by Gasteiger charge is 2.30. The molecule has 15 heavy (non-hydrogen) atoms. The van der Waals surface area contributed by atoms with E-state index in [4.69, 9.17) is 5.73 Å². The van der Waals surface area contributed by atoms with E-state index in [1.807, 2.05) is 19.1 Å². The van der Waals surface area contributed by atoms with Crippen LogP contribution in [0, 0.1) is 6.92 Å². The van der Waals surface area contributed by atoms with E-state index in [1.54, 1.807) is 11.0 Å². The zero-order valence-corrected chi connectivity index (χ0v) is 8.60. The third-order valence-corrected chi connectivity index (χ3v) is 2.70. The molecule has 0 spiro atoms. The molecule has 1 saturated heterocycles. The molecule has 1 aromatic carbocycles. The molecule has 1 aliphatic rings. The maximum absolute atomic E-state index is 11.6. The lowest BCUT2D eigenvalue weighted by Gasteiger charge is -2.19. The summed E-state index contributed by atoms with van der Waals surface area (Å²) in [7, 11) is 0. The molecule has 1 aliphatic heterocycles. The molecule has 2 rings (SSSR count). The molecule has 4 heteroatoms. The van der Waals surface area contributed by atoms with E-state index in [-0.39, 0.29) is 12.3 Å². The van der Waals surface area contributed by atoms with E-state index in [0.29, 0.717) is 17.9 Å². The summed E-state index contributed by atoms with van der Waals surface area (Å²) in [6.45, 7) is 2.24. The number of carbonyl (C=O) groups is 1. The minimum atomic E-state index is -0.572. The van der Waals surface area contributed by atoms with E-state index >= 15 is 0 Å². The Bertz CT molecular complexity index is 404. The molecule has 80 valence electrons. The predicted molar refractivity (Wildman–Crippen MR) is 58.6 cm³/mol. The average molecular weight is 206 g/mol. The maximum atomic E-state index is 11.6. The van der Waals surface area contributed by atoms with Crippen molar-refractivity contribution in [2.45, 2.75) is 19.4 Å². The lowest BCUT2D eigenvalue weighted by atomic mass is 10.1. The van der Waals surface area contributed by atoms with Gasteiger partial charge < -0.3 is 15.7 Å². The molecule has 1 amide bonds. The van der Waals surface area contributed by atoms with Gasteiger partial charge in [0.15, 0.2) is 0 Å². The summed E-state index contributed by atoms with van der Waals surface area (Å²) < 4.78 is 0. The van der Waals surface area contributed by atoms with Gasteiger partial charge in [-0.1, -0.05) is 12.1 Å². The maximum Gasteiger partial charge on any atom is 0.229 e. The van der Waals surface area contributed by atoms with Crippen molar-refractivity contribution in [3.8, 4) is 0 Å². The van der Waals surface area contributed by atoms with Gasteiger partial charge in [-0.15, -0.1) is 0 Å². The van der Waals surface area contributed by atoms with Gasteiger partial charge in [-0.05, 0) is 18.6 Å². The van der Waals surface area contributed by atoms with Gasteiger partial charge >= 0.3 is 0 Å². The van der Waals surface area contributed by atoms with E-state index < -0.39 is 6.10 Å². The Morgan fingerprint density at radius 1 is 1.53 bits per heavy atom. The number of anilines is 2. The number of aliphatic hydroxyl groups is 1. The number of carbonyl (C=O) groups excluding carboxylic acids is 1. The molecule has 0 saturated carbocycles. The normalized spacial score (nSPS) is 21.1. The number of hydrogen-bond donors (Lipinski definition) is 2. The van der Waals surface area contributed by atoms with Gasteiger partial charge in [-0.2, -0.15) is 0 Å². The summed E-state index contributed by atoms with van der Waals surface area (Å²) in [6.07, 6.45) is -0.384. The number of hydrogen-bond acceptors (Lipinski definition) is 3. The van der Waals surface area contributed by atoms with Crippen LogP contribution in [-0.4, -0.2) is 23.7 Å².